The number of aliphatic carboxylic acids is 1. The van der Waals surface area contributed by atoms with Crippen molar-refractivity contribution in [3.63, 3.8) is 0 Å². The first kappa shape index (κ1) is 15.8. The molecule has 7 nitrogen and oxygen atoms in total. The Morgan fingerprint density at radius 2 is 2.11 bits per heavy atom. The van der Waals surface area contributed by atoms with Crippen molar-refractivity contribution >= 4 is 29.5 Å². The largest absolute Gasteiger partial charge is 0.480 e. The smallest absolute Gasteiger partial charge is 0.327 e. The summed E-state index contributed by atoms with van der Waals surface area (Å²) in [4.78, 5) is 35.6. The maximum Gasteiger partial charge on any atom is 0.327 e. The highest BCUT2D eigenvalue weighted by Gasteiger charge is 2.34. The van der Waals surface area contributed by atoms with Crippen molar-refractivity contribution in [2.75, 3.05) is 18.2 Å². The molecule has 0 bridgehead atoms. The van der Waals surface area contributed by atoms with Gasteiger partial charge in [-0.3, -0.25) is 9.59 Å². The van der Waals surface area contributed by atoms with Gasteiger partial charge in [0.2, 0.25) is 11.8 Å². The highest BCUT2D eigenvalue weighted by atomic mass is 32.2. The molecular weight excluding hydrogens is 270 g/mol. The fourth-order valence-corrected chi connectivity index (χ4v) is 2.75. The maximum absolute atomic E-state index is 11.9. The van der Waals surface area contributed by atoms with Crippen molar-refractivity contribution in [3.8, 4) is 0 Å². The maximum atomic E-state index is 11.9. The van der Waals surface area contributed by atoms with Gasteiger partial charge in [0.25, 0.3) is 0 Å². The number of hydrogen-bond acceptors (Lipinski definition) is 5. The number of carboxylic acid groups (broad SMARTS) is 1. The molecule has 0 radical (unpaired) electrons. The van der Waals surface area contributed by atoms with Crippen LogP contribution in [-0.4, -0.2) is 58.0 Å². The van der Waals surface area contributed by atoms with Crippen LogP contribution in [0.2, 0.25) is 0 Å². The Kier molecular flexibility index (Phi) is 5.61. The molecule has 0 aromatic heterocycles. The molecule has 1 fully saturated rings. The first-order valence-corrected chi connectivity index (χ1v) is 7.13. The molecule has 19 heavy (non-hydrogen) atoms. The van der Waals surface area contributed by atoms with E-state index in [0.29, 0.717) is 11.6 Å². The van der Waals surface area contributed by atoms with Crippen LogP contribution in [0.1, 0.15) is 13.8 Å². The zero-order chi connectivity index (χ0) is 14.6. The molecule has 1 heterocycles. The first-order chi connectivity index (χ1) is 8.84. The summed E-state index contributed by atoms with van der Waals surface area (Å²) in [6.07, 6.45) is 0. The quantitative estimate of drug-likeness (QED) is 0.603. The Morgan fingerprint density at radius 1 is 1.47 bits per heavy atom. The second-order valence-electron chi connectivity index (χ2n) is 4.71. The highest BCUT2D eigenvalue weighted by Crippen LogP contribution is 2.20. The molecule has 2 amide bonds. The summed E-state index contributed by atoms with van der Waals surface area (Å²) in [6.45, 7) is 3.40. The van der Waals surface area contributed by atoms with Gasteiger partial charge in [0, 0.05) is 5.75 Å². The Bertz CT molecular complexity index is 375. The second kappa shape index (κ2) is 6.76. The third kappa shape index (κ3) is 4.10. The van der Waals surface area contributed by atoms with Gasteiger partial charge < -0.3 is 21.1 Å². The van der Waals surface area contributed by atoms with Crippen molar-refractivity contribution in [2.45, 2.75) is 25.9 Å². The molecular formula is C11H19N3O4S. The summed E-state index contributed by atoms with van der Waals surface area (Å²) in [6, 6.07) is -1.48. The fourth-order valence-electron chi connectivity index (χ4n) is 1.58. The van der Waals surface area contributed by atoms with Crippen molar-refractivity contribution in [1.82, 2.24) is 10.2 Å². The molecule has 108 valence electrons. The monoisotopic (exact) mass is 289 g/mol. The molecule has 0 aliphatic carbocycles. The van der Waals surface area contributed by atoms with Crippen molar-refractivity contribution in [2.24, 2.45) is 11.7 Å². The van der Waals surface area contributed by atoms with Gasteiger partial charge in [0.15, 0.2) is 0 Å². The number of thioether (sulfide) groups is 1. The third-order valence-electron chi connectivity index (χ3n) is 2.92. The molecule has 4 N–H and O–H groups in total. The van der Waals surface area contributed by atoms with E-state index in [1.807, 2.05) is 13.8 Å². The number of nitrogens with two attached hydrogens (primary N) is 1. The van der Waals surface area contributed by atoms with Crippen LogP contribution >= 0.6 is 11.8 Å². The average molecular weight is 289 g/mol. The molecule has 0 spiro atoms. The number of carbonyl (C=O) groups is 3. The van der Waals surface area contributed by atoms with E-state index in [-0.39, 0.29) is 12.5 Å². The lowest BCUT2D eigenvalue weighted by molar-refractivity contribution is -0.147. The Balaban J connectivity index is 2.47. The number of carbonyl (C=O) groups excluding carboxylic acids is 2. The van der Waals surface area contributed by atoms with Gasteiger partial charge >= 0.3 is 5.97 Å². The van der Waals surface area contributed by atoms with E-state index in [4.69, 9.17) is 10.8 Å². The molecule has 8 heteroatoms. The van der Waals surface area contributed by atoms with E-state index < -0.39 is 29.9 Å². The minimum absolute atomic E-state index is 0.0239. The number of carboxylic acids is 1. The van der Waals surface area contributed by atoms with Crippen LogP contribution < -0.4 is 11.1 Å². The van der Waals surface area contributed by atoms with E-state index in [9.17, 15) is 14.4 Å². The van der Waals surface area contributed by atoms with Gasteiger partial charge in [-0.05, 0) is 5.92 Å². The minimum atomic E-state index is -1.02. The zero-order valence-electron chi connectivity index (χ0n) is 11.0. The third-order valence-corrected chi connectivity index (χ3v) is 3.93. The molecule has 1 rings (SSSR count). The summed E-state index contributed by atoms with van der Waals surface area (Å²) in [5.74, 6) is -1.14. The number of rotatable bonds is 5. The lowest BCUT2D eigenvalue weighted by Gasteiger charge is -2.21. The second-order valence-corrected chi connectivity index (χ2v) is 5.70. The van der Waals surface area contributed by atoms with Gasteiger partial charge in [0.1, 0.15) is 6.04 Å². The van der Waals surface area contributed by atoms with Crippen LogP contribution in [0, 0.1) is 5.92 Å². The zero-order valence-corrected chi connectivity index (χ0v) is 11.8. The normalized spacial score (nSPS) is 20.4. The van der Waals surface area contributed by atoms with Crippen molar-refractivity contribution in [1.29, 1.82) is 0 Å². The molecule has 1 aliphatic rings. The Hall–Kier alpha value is -1.28. The van der Waals surface area contributed by atoms with E-state index >= 15 is 0 Å². The van der Waals surface area contributed by atoms with E-state index in [1.165, 1.54) is 16.7 Å². The lowest BCUT2D eigenvalue weighted by atomic mass is 10.1. The number of hydrogen-bond donors (Lipinski definition) is 3. The molecule has 0 aromatic rings. The van der Waals surface area contributed by atoms with E-state index in [2.05, 4.69) is 5.32 Å². The number of nitrogens with one attached hydrogen (secondary N) is 1. The van der Waals surface area contributed by atoms with Crippen LogP contribution in [0.5, 0.6) is 0 Å². The highest BCUT2D eigenvalue weighted by molar-refractivity contribution is 7.99. The van der Waals surface area contributed by atoms with Gasteiger partial charge in [0.05, 0.1) is 18.5 Å². The van der Waals surface area contributed by atoms with Crippen molar-refractivity contribution < 1.29 is 19.5 Å². The lowest BCUT2D eigenvalue weighted by Crippen LogP contribution is -2.50. The minimum Gasteiger partial charge on any atom is -0.480 e. The Morgan fingerprint density at radius 3 is 2.63 bits per heavy atom. The Labute approximate surface area is 115 Å². The van der Waals surface area contributed by atoms with Gasteiger partial charge in [-0.1, -0.05) is 13.8 Å². The predicted molar refractivity (Wildman–Crippen MR) is 71.4 cm³/mol. The fraction of sp³-hybridized carbons (Fsp3) is 0.727. The van der Waals surface area contributed by atoms with Crippen LogP contribution in [0.3, 0.4) is 0 Å². The van der Waals surface area contributed by atoms with Gasteiger partial charge in [-0.25, -0.2) is 4.79 Å². The molecule has 0 saturated carbocycles. The van der Waals surface area contributed by atoms with Crippen LogP contribution in [-0.2, 0) is 14.4 Å². The summed E-state index contributed by atoms with van der Waals surface area (Å²) in [7, 11) is 0. The summed E-state index contributed by atoms with van der Waals surface area (Å²) < 4.78 is 0. The SMILES string of the molecule is CC(C)[C@H](N)C(=O)NCC(=O)N1CSC[C@H]1C(=O)O. The van der Waals surface area contributed by atoms with E-state index in [1.54, 1.807) is 0 Å². The predicted octanol–water partition coefficient (Wildman–Crippen LogP) is -0.928. The summed E-state index contributed by atoms with van der Waals surface area (Å²) in [5.41, 5.74) is 5.64. The number of nitrogens with zero attached hydrogens (tertiary/aromatic N) is 1. The summed E-state index contributed by atoms with van der Waals surface area (Å²) in [5, 5.41) is 11.4. The van der Waals surface area contributed by atoms with E-state index in [0.717, 1.165) is 0 Å². The van der Waals surface area contributed by atoms with Gasteiger partial charge in [-0.15, -0.1) is 11.8 Å². The first-order valence-electron chi connectivity index (χ1n) is 5.98. The molecule has 1 aliphatic heterocycles. The molecule has 0 aromatic carbocycles. The standard InChI is InChI=1S/C11H19N3O4S/c1-6(2)9(12)10(16)13-3-8(15)14-5-19-4-7(14)11(17)18/h6-7,9H,3-5,12H2,1-2H3,(H,13,16)(H,17,18)/t7-,9-/m0/s1. The van der Waals surface area contributed by atoms with Crippen LogP contribution in [0.15, 0.2) is 0 Å². The topological polar surface area (TPSA) is 113 Å². The van der Waals surface area contributed by atoms with Crippen LogP contribution in [0.4, 0.5) is 0 Å². The van der Waals surface area contributed by atoms with Crippen LogP contribution in [0.25, 0.3) is 0 Å². The molecule has 2 atom stereocenters. The average Bonchev–Trinajstić information content (AvgIpc) is 2.83. The van der Waals surface area contributed by atoms with Gasteiger partial charge in [-0.2, -0.15) is 0 Å². The molecule has 1 saturated heterocycles. The number of amides is 2. The summed E-state index contributed by atoms with van der Waals surface area (Å²) >= 11 is 1.38. The van der Waals surface area contributed by atoms with Crippen molar-refractivity contribution in [3.05, 3.63) is 0 Å². The molecule has 0 unspecified atom stereocenters.